The summed E-state index contributed by atoms with van der Waals surface area (Å²) in [6.45, 7) is 3.76. The van der Waals surface area contributed by atoms with E-state index in [1.807, 2.05) is 25.1 Å². The molecule has 0 aliphatic carbocycles. The van der Waals surface area contributed by atoms with Crippen LogP contribution in [0.2, 0.25) is 0 Å². The number of ether oxygens (including phenoxy) is 1. The molecule has 0 radical (unpaired) electrons. The zero-order valence-electron chi connectivity index (χ0n) is 15.3. The Bertz CT molecular complexity index is 989. The number of nitrogens with one attached hydrogen (secondary N) is 2. The maximum absolute atomic E-state index is 11.4. The van der Waals surface area contributed by atoms with Crippen molar-refractivity contribution in [2.45, 2.75) is 13.8 Å². The minimum atomic E-state index is -1.01. The first-order chi connectivity index (χ1) is 13.0. The highest BCUT2D eigenvalue weighted by Crippen LogP contribution is 2.29. The molecule has 0 saturated carbocycles. The van der Waals surface area contributed by atoms with Gasteiger partial charge in [0.2, 0.25) is 0 Å². The van der Waals surface area contributed by atoms with E-state index in [0.29, 0.717) is 28.9 Å². The number of rotatable bonds is 6. The molecule has 0 bridgehead atoms. The van der Waals surface area contributed by atoms with Gasteiger partial charge in [-0.15, -0.1) is 0 Å². The predicted molar refractivity (Wildman–Crippen MR) is 104 cm³/mol. The molecule has 7 heteroatoms. The molecule has 0 atom stereocenters. The van der Waals surface area contributed by atoms with E-state index in [1.54, 1.807) is 38.3 Å². The molecule has 0 saturated heterocycles. The summed E-state index contributed by atoms with van der Waals surface area (Å²) in [4.78, 5) is 20.1. The fraction of sp³-hybridized carbons (Fsp3) is 0.150. The second kappa shape index (κ2) is 7.74. The van der Waals surface area contributed by atoms with Crippen LogP contribution in [-0.2, 0) is 0 Å². The van der Waals surface area contributed by atoms with E-state index in [1.165, 1.54) is 6.07 Å². The first-order valence-electron chi connectivity index (χ1n) is 8.33. The number of carbonyl (C=O) groups is 1. The van der Waals surface area contributed by atoms with Crippen LogP contribution in [-0.4, -0.2) is 28.2 Å². The highest BCUT2D eigenvalue weighted by Gasteiger charge is 2.11. The quantitative estimate of drug-likeness (QED) is 0.600. The molecule has 7 nitrogen and oxygen atoms in total. The van der Waals surface area contributed by atoms with Crippen LogP contribution in [0, 0.1) is 13.8 Å². The van der Waals surface area contributed by atoms with Crippen LogP contribution in [0.1, 0.15) is 21.7 Å². The number of carboxylic acid groups (broad SMARTS) is 1. The van der Waals surface area contributed by atoms with Crippen LogP contribution in [0.5, 0.6) is 5.75 Å². The van der Waals surface area contributed by atoms with Crippen molar-refractivity contribution in [1.29, 1.82) is 0 Å². The number of hydrogen-bond donors (Lipinski definition) is 3. The van der Waals surface area contributed by atoms with Gasteiger partial charge in [0.05, 0.1) is 24.0 Å². The van der Waals surface area contributed by atoms with E-state index in [4.69, 9.17) is 4.74 Å². The molecule has 1 aromatic heterocycles. The standard InChI is InChI=1S/C20H20N4O3/c1-12-8-9-17(27-3)16(10-12)24-19-11-18(21-13(2)22-19)23-15-7-5-4-6-14(15)20(25)26/h4-11H,1-3H3,(H,25,26)(H2,21,22,23,24). The number of methoxy groups -OCH3 is 1. The third kappa shape index (κ3) is 4.33. The number of para-hydroxylation sites is 1. The molecule has 0 unspecified atom stereocenters. The Morgan fingerprint density at radius 3 is 2.30 bits per heavy atom. The molecular weight excluding hydrogens is 344 g/mol. The number of anilines is 4. The maximum atomic E-state index is 11.4. The summed E-state index contributed by atoms with van der Waals surface area (Å²) in [5, 5.41) is 15.6. The lowest BCUT2D eigenvalue weighted by molar-refractivity contribution is 0.0698. The molecule has 2 aromatic carbocycles. The van der Waals surface area contributed by atoms with Gasteiger partial charge in [-0.2, -0.15) is 0 Å². The van der Waals surface area contributed by atoms with Gasteiger partial charge in [0.15, 0.2) is 0 Å². The third-order valence-electron chi connectivity index (χ3n) is 3.88. The second-order valence-electron chi connectivity index (χ2n) is 5.99. The van der Waals surface area contributed by atoms with Gasteiger partial charge in [-0.1, -0.05) is 18.2 Å². The lowest BCUT2D eigenvalue weighted by atomic mass is 10.2. The Labute approximate surface area is 157 Å². The van der Waals surface area contributed by atoms with Gasteiger partial charge in [-0.05, 0) is 43.7 Å². The monoisotopic (exact) mass is 364 g/mol. The van der Waals surface area contributed by atoms with E-state index in [9.17, 15) is 9.90 Å². The lowest BCUT2D eigenvalue weighted by Crippen LogP contribution is -2.05. The second-order valence-corrected chi connectivity index (χ2v) is 5.99. The van der Waals surface area contributed by atoms with Crippen molar-refractivity contribution in [3.63, 3.8) is 0 Å². The summed E-state index contributed by atoms with van der Waals surface area (Å²) < 4.78 is 5.38. The van der Waals surface area contributed by atoms with Gasteiger partial charge in [0.1, 0.15) is 23.2 Å². The molecular formula is C20H20N4O3. The van der Waals surface area contributed by atoms with Gasteiger partial charge in [-0.25, -0.2) is 14.8 Å². The largest absolute Gasteiger partial charge is 0.495 e. The molecule has 0 amide bonds. The van der Waals surface area contributed by atoms with Gasteiger partial charge < -0.3 is 20.5 Å². The van der Waals surface area contributed by atoms with Crippen LogP contribution in [0.25, 0.3) is 0 Å². The number of aromatic carboxylic acids is 1. The first-order valence-corrected chi connectivity index (χ1v) is 8.33. The molecule has 3 aromatic rings. The summed E-state index contributed by atoms with van der Waals surface area (Å²) in [6, 6.07) is 14.2. The fourth-order valence-corrected chi connectivity index (χ4v) is 2.67. The molecule has 0 spiro atoms. The SMILES string of the molecule is COc1ccc(C)cc1Nc1cc(Nc2ccccc2C(=O)O)nc(C)n1. The molecule has 0 aliphatic rings. The third-order valence-corrected chi connectivity index (χ3v) is 3.88. The van der Waals surface area contributed by atoms with Crippen molar-refractivity contribution in [2.75, 3.05) is 17.7 Å². The van der Waals surface area contributed by atoms with Crippen molar-refractivity contribution in [3.8, 4) is 5.75 Å². The Morgan fingerprint density at radius 2 is 1.63 bits per heavy atom. The van der Waals surface area contributed by atoms with Crippen LogP contribution < -0.4 is 15.4 Å². The van der Waals surface area contributed by atoms with Crippen molar-refractivity contribution < 1.29 is 14.6 Å². The van der Waals surface area contributed by atoms with Crippen molar-refractivity contribution >= 4 is 29.0 Å². The molecule has 3 N–H and O–H groups in total. The highest BCUT2D eigenvalue weighted by molar-refractivity contribution is 5.95. The minimum absolute atomic E-state index is 0.170. The van der Waals surface area contributed by atoms with E-state index < -0.39 is 5.97 Å². The van der Waals surface area contributed by atoms with Crippen molar-refractivity contribution in [3.05, 3.63) is 65.5 Å². The number of aryl methyl sites for hydroxylation is 2. The van der Waals surface area contributed by atoms with Gasteiger partial charge >= 0.3 is 5.97 Å². The number of aromatic nitrogens is 2. The van der Waals surface area contributed by atoms with E-state index in [0.717, 1.165) is 11.3 Å². The molecule has 1 heterocycles. The zero-order valence-corrected chi connectivity index (χ0v) is 15.3. The molecule has 138 valence electrons. The summed E-state index contributed by atoms with van der Waals surface area (Å²) in [6.07, 6.45) is 0. The average molecular weight is 364 g/mol. The van der Waals surface area contributed by atoms with E-state index in [-0.39, 0.29) is 5.56 Å². The Kier molecular flexibility index (Phi) is 5.21. The summed E-state index contributed by atoms with van der Waals surface area (Å²) in [7, 11) is 1.61. The van der Waals surface area contributed by atoms with Gasteiger partial charge in [0.25, 0.3) is 0 Å². The summed E-state index contributed by atoms with van der Waals surface area (Å²) in [5.41, 5.74) is 2.50. The highest BCUT2D eigenvalue weighted by atomic mass is 16.5. The van der Waals surface area contributed by atoms with Gasteiger partial charge in [-0.3, -0.25) is 0 Å². The molecule has 27 heavy (non-hydrogen) atoms. The van der Waals surface area contributed by atoms with Crippen LogP contribution in [0.3, 0.4) is 0 Å². The Hall–Kier alpha value is -3.61. The first kappa shape index (κ1) is 18.2. The van der Waals surface area contributed by atoms with Crippen molar-refractivity contribution in [1.82, 2.24) is 9.97 Å². The predicted octanol–water partition coefficient (Wildman–Crippen LogP) is 4.29. The number of carboxylic acids is 1. The van der Waals surface area contributed by atoms with Gasteiger partial charge in [0, 0.05) is 6.07 Å². The zero-order chi connectivity index (χ0) is 19.4. The average Bonchev–Trinajstić information content (AvgIpc) is 2.61. The molecule has 0 aliphatic heterocycles. The van der Waals surface area contributed by atoms with Crippen LogP contribution in [0.15, 0.2) is 48.5 Å². The number of hydrogen-bond acceptors (Lipinski definition) is 6. The Morgan fingerprint density at radius 1 is 0.963 bits per heavy atom. The molecule has 3 rings (SSSR count). The maximum Gasteiger partial charge on any atom is 0.337 e. The summed E-state index contributed by atoms with van der Waals surface area (Å²) >= 11 is 0. The smallest absolute Gasteiger partial charge is 0.337 e. The minimum Gasteiger partial charge on any atom is -0.495 e. The van der Waals surface area contributed by atoms with Crippen LogP contribution in [0.4, 0.5) is 23.0 Å². The number of nitrogens with zero attached hydrogens (tertiary/aromatic N) is 2. The van der Waals surface area contributed by atoms with E-state index in [2.05, 4.69) is 20.6 Å². The van der Waals surface area contributed by atoms with Crippen molar-refractivity contribution in [2.24, 2.45) is 0 Å². The fourth-order valence-electron chi connectivity index (χ4n) is 2.67. The Balaban J connectivity index is 1.92. The molecule has 0 fully saturated rings. The summed E-state index contributed by atoms with van der Waals surface area (Å²) in [5.74, 6) is 1.29. The number of benzene rings is 2. The van der Waals surface area contributed by atoms with E-state index >= 15 is 0 Å². The topological polar surface area (TPSA) is 96.4 Å². The van der Waals surface area contributed by atoms with Crippen LogP contribution >= 0.6 is 0 Å². The normalized spacial score (nSPS) is 10.3. The lowest BCUT2D eigenvalue weighted by Gasteiger charge is -2.14.